The fourth-order valence-corrected chi connectivity index (χ4v) is 4.49. The second-order valence-electron chi connectivity index (χ2n) is 6.40. The first-order valence-corrected chi connectivity index (χ1v) is 10.3. The molecule has 9 heteroatoms. The van der Waals surface area contributed by atoms with E-state index < -0.39 is 10.0 Å². The molecule has 1 fully saturated rings. The molecule has 0 amide bonds. The fourth-order valence-electron chi connectivity index (χ4n) is 2.87. The summed E-state index contributed by atoms with van der Waals surface area (Å²) in [6.07, 6.45) is 0.325. The van der Waals surface area contributed by atoms with Crippen molar-refractivity contribution in [3.05, 3.63) is 36.4 Å². The van der Waals surface area contributed by atoms with Crippen LogP contribution in [-0.2, 0) is 10.0 Å². The molecule has 0 N–H and O–H groups in total. The largest absolute Gasteiger partial charge is 0.492 e. The minimum atomic E-state index is -3.65. The molecule has 146 valence electrons. The molecule has 0 radical (unpaired) electrons. The van der Waals surface area contributed by atoms with Crippen LogP contribution in [-0.4, -0.2) is 62.8 Å². The number of sulfonamides is 1. The van der Waals surface area contributed by atoms with E-state index in [2.05, 4.69) is 10.2 Å². The average Bonchev–Trinajstić information content (AvgIpc) is 3.12. The number of aromatic nitrogens is 2. The molecule has 0 aliphatic carbocycles. The van der Waals surface area contributed by atoms with Gasteiger partial charge in [-0.3, -0.25) is 0 Å². The second-order valence-corrected chi connectivity index (χ2v) is 8.30. The van der Waals surface area contributed by atoms with Gasteiger partial charge in [-0.2, -0.15) is 4.31 Å². The molecule has 1 atom stereocenters. The molecule has 3 rings (SSSR count). The number of benzene rings is 1. The van der Waals surface area contributed by atoms with E-state index in [1.807, 2.05) is 32.0 Å². The van der Waals surface area contributed by atoms with Crippen molar-refractivity contribution in [2.24, 2.45) is 0 Å². The maximum Gasteiger partial charge on any atom is 0.246 e. The summed E-state index contributed by atoms with van der Waals surface area (Å²) in [6.45, 7) is 2.88. The summed E-state index contributed by atoms with van der Waals surface area (Å²) in [5.74, 6) is 1.49. The summed E-state index contributed by atoms with van der Waals surface area (Å²) in [5.41, 5.74) is 0. The Morgan fingerprint density at radius 3 is 2.63 bits per heavy atom. The number of nitrogens with zero attached hydrogens (tertiary/aromatic N) is 4. The summed E-state index contributed by atoms with van der Waals surface area (Å²) in [4.78, 5) is 2.03. The molecule has 2 aromatic rings. The number of rotatable bonds is 7. The van der Waals surface area contributed by atoms with Gasteiger partial charge in [-0.25, -0.2) is 8.42 Å². The van der Waals surface area contributed by atoms with E-state index in [-0.39, 0.29) is 17.5 Å². The predicted octanol–water partition coefficient (Wildman–Crippen LogP) is 1.78. The Bertz CT molecular complexity index is 871. The van der Waals surface area contributed by atoms with Gasteiger partial charge in [0.1, 0.15) is 16.7 Å². The molecule has 27 heavy (non-hydrogen) atoms. The summed E-state index contributed by atoms with van der Waals surface area (Å²) >= 11 is 0. The van der Waals surface area contributed by atoms with Crippen LogP contribution in [0.4, 0.5) is 5.82 Å². The number of hydrogen-bond acceptors (Lipinski definition) is 7. The van der Waals surface area contributed by atoms with E-state index in [0.29, 0.717) is 31.2 Å². The maximum absolute atomic E-state index is 13.0. The molecule has 8 nitrogen and oxygen atoms in total. The highest BCUT2D eigenvalue weighted by atomic mass is 32.2. The van der Waals surface area contributed by atoms with Gasteiger partial charge in [0.2, 0.25) is 15.9 Å². The van der Waals surface area contributed by atoms with E-state index in [0.717, 1.165) is 5.82 Å². The number of anilines is 1. The lowest BCUT2D eigenvalue weighted by Gasteiger charge is -2.19. The Hall–Kier alpha value is -2.39. The summed E-state index contributed by atoms with van der Waals surface area (Å²) in [7, 11) is 0.110. The highest BCUT2D eigenvalue weighted by Crippen LogP contribution is 2.29. The van der Waals surface area contributed by atoms with Gasteiger partial charge in [0.25, 0.3) is 0 Å². The molecule has 1 aliphatic rings. The van der Waals surface area contributed by atoms with Gasteiger partial charge in [0.05, 0.1) is 13.2 Å². The molecule has 0 saturated carbocycles. The monoisotopic (exact) mass is 392 g/mol. The van der Waals surface area contributed by atoms with Gasteiger partial charge in [0.15, 0.2) is 5.82 Å². The molecule has 2 heterocycles. The van der Waals surface area contributed by atoms with Crippen molar-refractivity contribution in [2.75, 3.05) is 38.7 Å². The predicted molar refractivity (Wildman–Crippen MR) is 102 cm³/mol. The Balaban J connectivity index is 1.70. The normalized spacial score (nSPS) is 17.7. The van der Waals surface area contributed by atoms with Gasteiger partial charge < -0.3 is 14.4 Å². The third kappa shape index (κ3) is 4.30. The standard InChI is InChI=1S/C18H24N4O4S/c1-4-25-15-7-5-6-8-16(15)27(23,24)22-12-11-14(13-22)26-18-10-9-17(19-20-18)21(2)3/h5-10,14H,4,11-13H2,1-3H3. The topological polar surface area (TPSA) is 84.9 Å². The van der Waals surface area contributed by atoms with E-state index in [9.17, 15) is 8.42 Å². The lowest BCUT2D eigenvalue weighted by Crippen LogP contribution is -2.31. The Labute approximate surface area is 159 Å². The third-order valence-corrected chi connectivity index (χ3v) is 6.15. The Morgan fingerprint density at radius 1 is 1.19 bits per heavy atom. The Kier molecular flexibility index (Phi) is 5.81. The molecule has 1 saturated heterocycles. The van der Waals surface area contributed by atoms with E-state index >= 15 is 0 Å². The fraction of sp³-hybridized carbons (Fsp3) is 0.444. The smallest absolute Gasteiger partial charge is 0.246 e. The van der Waals surface area contributed by atoms with Crippen molar-refractivity contribution >= 4 is 15.8 Å². The highest BCUT2D eigenvalue weighted by Gasteiger charge is 2.35. The van der Waals surface area contributed by atoms with Crippen molar-refractivity contribution in [3.63, 3.8) is 0 Å². The van der Waals surface area contributed by atoms with E-state index in [4.69, 9.17) is 9.47 Å². The van der Waals surface area contributed by atoms with Gasteiger partial charge in [-0.05, 0) is 31.5 Å². The second kappa shape index (κ2) is 8.10. The van der Waals surface area contributed by atoms with Gasteiger partial charge in [0, 0.05) is 26.7 Å². The third-order valence-electron chi connectivity index (χ3n) is 4.25. The van der Waals surface area contributed by atoms with Gasteiger partial charge in [-0.1, -0.05) is 12.1 Å². The minimum Gasteiger partial charge on any atom is -0.492 e. The van der Waals surface area contributed by atoms with Crippen LogP contribution in [0.3, 0.4) is 0 Å². The van der Waals surface area contributed by atoms with Crippen molar-refractivity contribution in [3.8, 4) is 11.6 Å². The molecule has 1 aromatic carbocycles. The highest BCUT2D eigenvalue weighted by molar-refractivity contribution is 7.89. The molecule has 1 aromatic heterocycles. The van der Waals surface area contributed by atoms with Crippen molar-refractivity contribution in [1.29, 1.82) is 0 Å². The molecule has 0 spiro atoms. The first-order chi connectivity index (χ1) is 12.9. The van der Waals surface area contributed by atoms with Crippen LogP contribution in [0.15, 0.2) is 41.3 Å². The van der Waals surface area contributed by atoms with Crippen molar-refractivity contribution < 1.29 is 17.9 Å². The minimum absolute atomic E-state index is 0.183. The number of ether oxygens (including phenoxy) is 2. The van der Waals surface area contributed by atoms with Crippen LogP contribution < -0.4 is 14.4 Å². The van der Waals surface area contributed by atoms with Gasteiger partial charge >= 0.3 is 0 Å². The van der Waals surface area contributed by atoms with Crippen LogP contribution in [0.25, 0.3) is 0 Å². The van der Waals surface area contributed by atoms with Crippen LogP contribution in [0.2, 0.25) is 0 Å². The zero-order valence-electron chi connectivity index (χ0n) is 15.7. The summed E-state index contributed by atoms with van der Waals surface area (Å²) in [5, 5.41) is 8.12. The molecule has 1 aliphatic heterocycles. The van der Waals surface area contributed by atoms with Crippen molar-refractivity contribution in [2.45, 2.75) is 24.3 Å². The molecule has 1 unspecified atom stereocenters. The lowest BCUT2D eigenvalue weighted by molar-refractivity contribution is 0.204. The van der Waals surface area contributed by atoms with Crippen LogP contribution in [0.5, 0.6) is 11.6 Å². The van der Waals surface area contributed by atoms with Crippen LogP contribution in [0.1, 0.15) is 13.3 Å². The molecular weight excluding hydrogens is 368 g/mol. The van der Waals surface area contributed by atoms with Crippen molar-refractivity contribution in [1.82, 2.24) is 14.5 Å². The molecular formula is C18H24N4O4S. The Morgan fingerprint density at radius 2 is 1.96 bits per heavy atom. The van der Waals surface area contributed by atoms with Crippen LogP contribution in [0, 0.1) is 0 Å². The number of para-hydroxylation sites is 1. The maximum atomic E-state index is 13.0. The van der Waals surface area contributed by atoms with E-state index in [1.165, 1.54) is 4.31 Å². The molecule has 0 bridgehead atoms. The van der Waals surface area contributed by atoms with E-state index in [1.54, 1.807) is 30.3 Å². The zero-order valence-corrected chi connectivity index (χ0v) is 16.5. The quantitative estimate of drug-likeness (QED) is 0.710. The SMILES string of the molecule is CCOc1ccccc1S(=O)(=O)N1CCC(Oc2ccc(N(C)C)nn2)C1. The lowest BCUT2D eigenvalue weighted by atomic mass is 10.3. The first-order valence-electron chi connectivity index (χ1n) is 8.81. The average molecular weight is 392 g/mol. The number of hydrogen-bond donors (Lipinski definition) is 0. The zero-order chi connectivity index (χ0) is 19.4. The first kappa shape index (κ1) is 19.4. The van der Waals surface area contributed by atoms with Crippen LogP contribution >= 0.6 is 0 Å². The summed E-state index contributed by atoms with van der Waals surface area (Å²) < 4.78 is 38.7. The van der Waals surface area contributed by atoms with Gasteiger partial charge in [-0.15, -0.1) is 10.2 Å². The summed E-state index contributed by atoms with van der Waals surface area (Å²) in [6, 6.07) is 10.2.